The van der Waals surface area contributed by atoms with Gasteiger partial charge >= 0.3 is 0 Å². The number of nitrogens with two attached hydrogens (primary N) is 1. The highest BCUT2D eigenvalue weighted by molar-refractivity contribution is 6.34. The largest absolute Gasteiger partial charge is 0.368 e. The molecule has 6 nitrogen and oxygen atoms in total. The van der Waals surface area contributed by atoms with Crippen LogP contribution in [-0.2, 0) is 10.3 Å². The summed E-state index contributed by atoms with van der Waals surface area (Å²) in [6, 6.07) is 5.98. The normalized spacial score (nSPS) is 14.0. The number of rotatable bonds is 3. The van der Waals surface area contributed by atoms with E-state index in [0.717, 1.165) is 0 Å². The van der Waals surface area contributed by atoms with Gasteiger partial charge in [0.1, 0.15) is 16.5 Å². The summed E-state index contributed by atoms with van der Waals surface area (Å²) in [5.41, 5.74) is 4.63. The second kappa shape index (κ2) is 5.03. The van der Waals surface area contributed by atoms with Gasteiger partial charge in [0, 0.05) is 5.56 Å². The minimum absolute atomic E-state index is 0.0546. The van der Waals surface area contributed by atoms with Gasteiger partial charge in [0.05, 0.1) is 11.6 Å². The number of nitrogens with zero attached hydrogens (tertiary/aromatic N) is 4. The van der Waals surface area contributed by atoms with Crippen LogP contribution in [0.1, 0.15) is 12.5 Å². The minimum atomic E-state index is -1.39. The van der Waals surface area contributed by atoms with E-state index in [9.17, 15) is 9.18 Å². The fourth-order valence-corrected chi connectivity index (χ4v) is 2.55. The van der Waals surface area contributed by atoms with Gasteiger partial charge < -0.3 is 10.5 Å². The summed E-state index contributed by atoms with van der Waals surface area (Å²) in [6.07, 6.45) is 2.02. The van der Waals surface area contributed by atoms with E-state index in [1.165, 1.54) is 29.9 Å². The van der Waals surface area contributed by atoms with Crippen molar-refractivity contribution in [2.75, 3.05) is 5.73 Å². The standard InChI is InChI=1S/C14H11ClFN5O/c1-14(7-22,9-4-2-3-5-10(9)16)21-12-8(6-18-21)11(15)19-13(17)20-12/h2-7H,1H3,(H2,17,19,20). The summed E-state index contributed by atoms with van der Waals surface area (Å²) < 4.78 is 15.4. The molecule has 0 fully saturated rings. The highest BCUT2D eigenvalue weighted by Gasteiger charge is 2.34. The molecule has 0 aliphatic carbocycles. The molecule has 0 radical (unpaired) electrons. The Balaban J connectivity index is 2.33. The number of aldehydes is 1. The molecule has 0 saturated carbocycles. The Morgan fingerprint density at radius 1 is 1.36 bits per heavy atom. The third-order valence-corrected chi connectivity index (χ3v) is 3.78. The van der Waals surface area contributed by atoms with Gasteiger partial charge in [-0.3, -0.25) is 0 Å². The highest BCUT2D eigenvalue weighted by atomic mass is 35.5. The van der Waals surface area contributed by atoms with Crippen LogP contribution in [0.3, 0.4) is 0 Å². The monoisotopic (exact) mass is 319 g/mol. The van der Waals surface area contributed by atoms with Crippen LogP contribution in [0, 0.1) is 5.82 Å². The van der Waals surface area contributed by atoms with Crippen molar-refractivity contribution in [3.05, 3.63) is 47.0 Å². The Labute approximate surface area is 129 Å². The Bertz CT molecular complexity index is 881. The predicted molar refractivity (Wildman–Crippen MR) is 80.0 cm³/mol. The summed E-state index contributed by atoms with van der Waals surface area (Å²) in [5.74, 6) is -0.574. The maximum Gasteiger partial charge on any atom is 0.223 e. The van der Waals surface area contributed by atoms with Gasteiger partial charge in [0.25, 0.3) is 0 Å². The van der Waals surface area contributed by atoms with Crippen molar-refractivity contribution in [2.45, 2.75) is 12.5 Å². The lowest BCUT2D eigenvalue weighted by molar-refractivity contribution is -0.113. The molecule has 0 amide bonds. The zero-order valence-corrected chi connectivity index (χ0v) is 12.3. The summed E-state index contributed by atoms with van der Waals surface area (Å²) in [7, 11) is 0. The average molecular weight is 320 g/mol. The van der Waals surface area contributed by atoms with Gasteiger partial charge in [0.2, 0.25) is 5.95 Å². The minimum Gasteiger partial charge on any atom is -0.368 e. The lowest BCUT2D eigenvalue weighted by Gasteiger charge is -2.25. The highest BCUT2D eigenvalue weighted by Crippen LogP contribution is 2.30. The van der Waals surface area contributed by atoms with Crippen LogP contribution in [0.25, 0.3) is 11.0 Å². The number of hydrogen-bond donors (Lipinski definition) is 1. The van der Waals surface area contributed by atoms with Crippen LogP contribution in [0.2, 0.25) is 5.15 Å². The Morgan fingerprint density at radius 3 is 2.77 bits per heavy atom. The molecule has 3 aromatic rings. The number of halogens is 2. The van der Waals surface area contributed by atoms with Gasteiger partial charge in [0.15, 0.2) is 11.9 Å². The second-order valence-electron chi connectivity index (χ2n) is 4.91. The van der Waals surface area contributed by atoms with E-state index in [2.05, 4.69) is 15.1 Å². The van der Waals surface area contributed by atoms with E-state index in [4.69, 9.17) is 17.3 Å². The van der Waals surface area contributed by atoms with Gasteiger partial charge in [-0.2, -0.15) is 10.1 Å². The Morgan fingerprint density at radius 2 is 2.09 bits per heavy atom. The molecule has 1 aromatic carbocycles. The van der Waals surface area contributed by atoms with Gasteiger partial charge in [-0.25, -0.2) is 14.1 Å². The van der Waals surface area contributed by atoms with Crippen molar-refractivity contribution in [1.29, 1.82) is 0 Å². The first kappa shape index (κ1) is 14.4. The smallest absolute Gasteiger partial charge is 0.223 e. The van der Waals surface area contributed by atoms with E-state index < -0.39 is 11.4 Å². The van der Waals surface area contributed by atoms with E-state index in [1.807, 2.05) is 0 Å². The quantitative estimate of drug-likeness (QED) is 0.590. The SMILES string of the molecule is CC(C=O)(c1ccccc1F)n1ncc2c(Cl)nc(N)nc21. The maximum atomic E-state index is 14.1. The predicted octanol–water partition coefficient (Wildman–Crippen LogP) is 2.16. The van der Waals surface area contributed by atoms with Crippen LogP contribution in [-0.4, -0.2) is 26.0 Å². The molecule has 0 spiro atoms. The molecule has 8 heteroatoms. The lowest BCUT2D eigenvalue weighted by Crippen LogP contribution is -2.35. The number of aromatic nitrogens is 4. The molecule has 1 unspecified atom stereocenters. The second-order valence-corrected chi connectivity index (χ2v) is 5.27. The molecule has 1 atom stereocenters. The van der Waals surface area contributed by atoms with Crippen molar-refractivity contribution in [1.82, 2.24) is 19.7 Å². The molecule has 0 bridgehead atoms. The van der Waals surface area contributed by atoms with Crippen molar-refractivity contribution >= 4 is 34.9 Å². The zero-order valence-electron chi connectivity index (χ0n) is 11.5. The summed E-state index contributed by atoms with van der Waals surface area (Å²) in [5, 5.41) is 4.69. The molecular formula is C14H11ClFN5O. The third kappa shape index (κ3) is 2.01. The summed E-state index contributed by atoms with van der Waals surface area (Å²) >= 11 is 6.00. The number of carbonyl (C=O) groups excluding carboxylic acids is 1. The van der Waals surface area contributed by atoms with Crippen molar-refractivity contribution < 1.29 is 9.18 Å². The Hall–Kier alpha value is -2.54. The molecule has 0 aliphatic heterocycles. The number of fused-ring (bicyclic) bond motifs is 1. The van der Waals surface area contributed by atoms with Crippen LogP contribution in [0.5, 0.6) is 0 Å². The topological polar surface area (TPSA) is 86.7 Å². The van der Waals surface area contributed by atoms with E-state index in [0.29, 0.717) is 11.7 Å². The molecule has 3 rings (SSSR count). The van der Waals surface area contributed by atoms with Crippen LogP contribution >= 0.6 is 11.6 Å². The third-order valence-electron chi connectivity index (χ3n) is 3.49. The number of hydrogen-bond acceptors (Lipinski definition) is 5. The van der Waals surface area contributed by atoms with Crippen LogP contribution in [0.15, 0.2) is 30.5 Å². The molecular weight excluding hydrogens is 309 g/mol. The van der Waals surface area contributed by atoms with E-state index in [1.54, 1.807) is 12.1 Å². The molecule has 0 aliphatic rings. The van der Waals surface area contributed by atoms with Crippen molar-refractivity contribution in [2.24, 2.45) is 0 Å². The van der Waals surface area contributed by atoms with E-state index in [-0.39, 0.29) is 22.3 Å². The molecule has 0 saturated heterocycles. The van der Waals surface area contributed by atoms with Gasteiger partial charge in [-0.05, 0) is 13.0 Å². The number of benzene rings is 1. The molecule has 22 heavy (non-hydrogen) atoms. The average Bonchev–Trinajstić information content (AvgIpc) is 2.91. The van der Waals surface area contributed by atoms with Gasteiger partial charge in [-0.15, -0.1) is 0 Å². The first-order chi connectivity index (χ1) is 10.5. The van der Waals surface area contributed by atoms with Crippen LogP contribution in [0.4, 0.5) is 10.3 Å². The Kier molecular flexibility index (Phi) is 3.29. The maximum absolute atomic E-state index is 14.1. The fourth-order valence-electron chi connectivity index (χ4n) is 2.33. The first-order valence-electron chi connectivity index (χ1n) is 6.36. The molecule has 2 heterocycles. The molecule has 2 aromatic heterocycles. The summed E-state index contributed by atoms with van der Waals surface area (Å²) in [4.78, 5) is 19.7. The van der Waals surface area contributed by atoms with Crippen molar-refractivity contribution in [3.63, 3.8) is 0 Å². The summed E-state index contributed by atoms with van der Waals surface area (Å²) in [6.45, 7) is 1.54. The first-order valence-corrected chi connectivity index (χ1v) is 6.73. The molecule has 2 N–H and O–H groups in total. The molecule has 112 valence electrons. The number of carbonyl (C=O) groups is 1. The van der Waals surface area contributed by atoms with E-state index >= 15 is 0 Å². The fraction of sp³-hybridized carbons (Fsp3) is 0.143. The van der Waals surface area contributed by atoms with Crippen molar-refractivity contribution in [3.8, 4) is 0 Å². The van der Waals surface area contributed by atoms with Crippen LogP contribution < -0.4 is 5.73 Å². The lowest BCUT2D eigenvalue weighted by atomic mass is 9.93. The zero-order chi connectivity index (χ0) is 15.9. The number of anilines is 1. The van der Waals surface area contributed by atoms with Gasteiger partial charge in [-0.1, -0.05) is 29.8 Å². The number of nitrogen functional groups attached to an aromatic ring is 1.